The molecule has 3 aromatic rings. The molecular formula is C23H21FN2O3. The average molecular weight is 392 g/mol. The second-order valence-corrected chi connectivity index (χ2v) is 7.12. The Labute approximate surface area is 167 Å². The number of carbonyl (C=O) groups is 2. The van der Waals surface area contributed by atoms with Crippen LogP contribution >= 0.6 is 0 Å². The lowest BCUT2D eigenvalue weighted by Gasteiger charge is -2.25. The van der Waals surface area contributed by atoms with Crippen LogP contribution < -0.4 is 0 Å². The molecule has 29 heavy (non-hydrogen) atoms. The van der Waals surface area contributed by atoms with Crippen molar-refractivity contribution in [3.63, 3.8) is 0 Å². The number of ketones is 1. The Bertz CT molecular complexity index is 1130. The van der Waals surface area contributed by atoms with Gasteiger partial charge in [0.15, 0.2) is 0 Å². The predicted octanol–water partition coefficient (Wildman–Crippen LogP) is 4.53. The molecule has 0 radical (unpaired) electrons. The van der Waals surface area contributed by atoms with Gasteiger partial charge in [0.25, 0.3) is 11.7 Å². The fourth-order valence-corrected chi connectivity index (χ4v) is 3.87. The molecule has 2 N–H and O–H groups in total. The summed E-state index contributed by atoms with van der Waals surface area (Å²) in [4.78, 5) is 30.1. The minimum atomic E-state index is -0.962. The quantitative estimate of drug-likeness (QED) is 0.381. The number of nitrogens with one attached hydrogen (secondary N) is 1. The zero-order valence-corrected chi connectivity index (χ0v) is 16.0. The Morgan fingerprint density at radius 3 is 2.62 bits per heavy atom. The Hall–Kier alpha value is -3.41. The minimum absolute atomic E-state index is 0.0824. The number of fused-ring (bicyclic) bond motifs is 1. The van der Waals surface area contributed by atoms with Crippen molar-refractivity contribution >= 4 is 28.4 Å². The number of hydrogen-bond donors (Lipinski definition) is 2. The van der Waals surface area contributed by atoms with E-state index < -0.39 is 23.5 Å². The van der Waals surface area contributed by atoms with E-state index in [2.05, 4.69) is 4.98 Å². The van der Waals surface area contributed by atoms with Gasteiger partial charge in [-0.05, 0) is 18.6 Å². The summed E-state index contributed by atoms with van der Waals surface area (Å²) in [7, 11) is 0. The van der Waals surface area contributed by atoms with Crippen LogP contribution in [0.1, 0.15) is 36.9 Å². The van der Waals surface area contributed by atoms with Gasteiger partial charge >= 0.3 is 0 Å². The molecule has 2 aromatic carbocycles. The number of H-pyrrole nitrogens is 1. The molecule has 0 aliphatic carbocycles. The van der Waals surface area contributed by atoms with Crippen molar-refractivity contribution in [1.82, 2.24) is 9.88 Å². The van der Waals surface area contributed by atoms with Gasteiger partial charge < -0.3 is 15.0 Å². The Balaban J connectivity index is 1.93. The number of benzene rings is 2. The molecule has 148 valence electrons. The van der Waals surface area contributed by atoms with E-state index in [4.69, 9.17) is 0 Å². The van der Waals surface area contributed by atoms with Gasteiger partial charge in [0.1, 0.15) is 11.6 Å². The zero-order chi connectivity index (χ0) is 20.5. The summed E-state index contributed by atoms with van der Waals surface area (Å²) < 4.78 is 14.7. The molecule has 0 saturated carbocycles. The highest BCUT2D eigenvalue weighted by Crippen LogP contribution is 2.41. The highest BCUT2D eigenvalue weighted by atomic mass is 19.1. The molecule has 1 saturated heterocycles. The zero-order valence-electron chi connectivity index (χ0n) is 16.0. The molecule has 2 heterocycles. The molecule has 0 spiro atoms. The van der Waals surface area contributed by atoms with E-state index in [0.717, 1.165) is 17.3 Å². The van der Waals surface area contributed by atoms with Gasteiger partial charge in [0.2, 0.25) is 0 Å². The number of carbonyl (C=O) groups excluding carboxylic acids is 2. The number of nitrogens with zero attached hydrogens (tertiary/aromatic N) is 1. The average Bonchev–Trinajstić information content (AvgIpc) is 3.26. The van der Waals surface area contributed by atoms with E-state index >= 15 is 0 Å². The van der Waals surface area contributed by atoms with Gasteiger partial charge in [-0.15, -0.1) is 0 Å². The number of hydrogen-bond acceptors (Lipinski definition) is 3. The van der Waals surface area contributed by atoms with Gasteiger partial charge in [-0.25, -0.2) is 4.39 Å². The van der Waals surface area contributed by atoms with Crippen molar-refractivity contribution in [1.29, 1.82) is 0 Å². The van der Waals surface area contributed by atoms with Crippen molar-refractivity contribution in [2.75, 3.05) is 6.54 Å². The lowest BCUT2D eigenvalue weighted by molar-refractivity contribution is -0.139. The maximum Gasteiger partial charge on any atom is 0.295 e. The number of unbranched alkanes of at least 4 members (excludes halogenated alkanes) is 1. The second kappa shape index (κ2) is 7.54. The van der Waals surface area contributed by atoms with Gasteiger partial charge in [-0.1, -0.05) is 49.7 Å². The fourth-order valence-electron chi connectivity index (χ4n) is 3.87. The molecular weight excluding hydrogens is 371 g/mol. The SMILES string of the molecule is CCCCN1C(=O)C(=O)/C(=C(/O)c2c[nH]c3ccccc23)C1c1ccccc1F. The number of Topliss-reactive ketones (excluding diaryl/α,β-unsaturated/α-hetero) is 1. The van der Waals surface area contributed by atoms with Crippen LogP contribution in [-0.2, 0) is 9.59 Å². The van der Waals surface area contributed by atoms with E-state index in [9.17, 15) is 19.1 Å². The molecule has 6 heteroatoms. The van der Waals surface area contributed by atoms with Crippen molar-refractivity contribution in [2.45, 2.75) is 25.8 Å². The lowest BCUT2D eigenvalue weighted by Crippen LogP contribution is -2.31. The van der Waals surface area contributed by atoms with Gasteiger partial charge in [-0.3, -0.25) is 9.59 Å². The number of aliphatic hydroxyl groups excluding tert-OH is 1. The van der Waals surface area contributed by atoms with Gasteiger partial charge in [0, 0.05) is 34.8 Å². The van der Waals surface area contributed by atoms with Crippen LogP contribution in [0.25, 0.3) is 16.7 Å². The summed E-state index contributed by atoms with van der Waals surface area (Å²) in [5.74, 6) is -2.33. The van der Waals surface area contributed by atoms with Crippen LogP contribution in [0.4, 0.5) is 4.39 Å². The number of halogens is 1. The first-order chi connectivity index (χ1) is 14.0. The van der Waals surface area contributed by atoms with Crippen LogP contribution in [0.5, 0.6) is 0 Å². The monoisotopic (exact) mass is 392 g/mol. The van der Waals surface area contributed by atoms with Crippen LogP contribution in [0.2, 0.25) is 0 Å². The summed E-state index contributed by atoms with van der Waals surface area (Å²) in [6.45, 7) is 2.28. The largest absolute Gasteiger partial charge is 0.507 e. The third-order valence-electron chi connectivity index (χ3n) is 5.34. The molecule has 1 aliphatic heterocycles. The second-order valence-electron chi connectivity index (χ2n) is 7.12. The summed E-state index contributed by atoms with van der Waals surface area (Å²) in [5.41, 5.74) is 1.32. The maximum absolute atomic E-state index is 14.7. The standard InChI is InChI=1S/C23H21FN2O3/c1-2-3-12-26-20(15-9-4-6-10-17(15)24)19(22(28)23(26)29)21(27)16-13-25-18-11-7-5-8-14(16)18/h4-11,13,20,25,27H,2-3,12H2,1H3/b21-19+. The van der Waals surface area contributed by atoms with E-state index in [1.54, 1.807) is 24.4 Å². The molecule has 4 rings (SSSR count). The third kappa shape index (κ3) is 3.10. The third-order valence-corrected chi connectivity index (χ3v) is 5.34. The lowest BCUT2D eigenvalue weighted by atomic mass is 9.94. The Kier molecular flexibility index (Phi) is 4.92. The molecule has 5 nitrogen and oxygen atoms in total. The summed E-state index contributed by atoms with van der Waals surface area (Å²) >= 11 is 0. The molecule has 1 amide bonds. The summed E-state index contributed by atoms with van der Waals surface area (Å²) in [6, 6.07) is 12.4. The van der Waals surface area contributed by atoms with E-state index in [0.29, 0.717) is 18.5 Å². The van der Waals surface area contributed by atoms with E-state index in [1.807, 2.05) is 31.2 Å². The molecule has 1 fully saturated rings. The predicted molar refractivity (Wildman–Crippen MR) is 109 cm³/mol. The first-order valence-electron chi connectivity index (χ1n) is 9.64. The molecule has 0 bridgehead atoms. The molecule has 1 atom stereocenters. The topological polar surface area (TPSA) is 73.4 Å². The Morgan fingerprint density at radius 2 is 1.86 bits per heavy atom. The highest BCUT2D eigenvalue weighted by Gasteiger charge is 2.46. The first kappa shape index (κ1) is 18.9. The van der Waals surface area contributed by atoms with E-state index in [1.165, 1.54) is 11.0 Å². The van der Waals surface area contributed by atoms with Crippen molar-refractivity contribution in [2.24, 2.45) is 0 Å². The van der Waals surface area contributed by atoms with Crippen molar-refractivity contribution in [3.8, 4) is 0 Å². The van der Waals surface area contributed by atoms with Crippen molar-refractivity contribution < 1.29 is 19.1 Å². The smallest absolute Gasteiger partial charge is 0.295 e. The van der Waals surface area contributed by atoms with Crippen LogP contribution in [0.3, 0.4) is 0 Å². The minimum Gasteiger partial charge on any atom is -0.507 e. The normalized spacial score (nSPS) is 18.7. The number of aliphatic hydroxyl groups is 1. The van der Waals surface area contributed by atoms with Crippen LogP contribution in [0, 0.1) is 5.82 Å². The van der Waals surface area contributed by atoms with Gasteiger partial charge in [-0.2, -0.15) is 0 Å². The van der Waals surface area contributed by atoms with Crippen molar-refractivity contribution in [3.05, 3.63) is 77.2 Å². The number of aromatic nitrogens is 1. The summed E-state index contributed by atoms with van der Waals surface area (Å²) in [5, 5.41) is 11.8. The number of rotatable bonds is 5. The van der Waals surface area contributed by atoms with E-state index in [-0.39, 0.29) is 16.9 Å². The first-order valence-corrected chi connectivity index (χ1v) is 9.64. The van der Waals surface area contributed by atoms with Crippen LogP contribution in [-0.4, -0.2) is 33.2 Å². The molecule has 1 aromatic heterocycles. The van der Waals surface area contributed by atoms with Crippen LogP contribution in [0.15, 0.2) is 60.3 Å². The number of para-hydroxylation sites is 1. The Morgan fingerprint density at radius 1 is 1.14 bits per heavy atom. The van der Waals surface area contributed by atoms with Gasteiger partial charge in [0.05, 0.1) is 11.6 Å². The fraction of sp³-hybridized carbons (Fsp3) is 0.217. The molecule has 1 unspecified atom stereocenters. The maximum atomic E-state index is 14.7. The summed E-state index contributed by atoms with van der Waals surface area (Å²) in [6.07, 6.45) is 3.08. The highest BCUT2D eigenvalue weighted by molar-refractivity contribution is 6.46. The number of likely N-dealkylation sites (tertiary alicyclic amines) is 1. The molecule has 1 aliphatic rings. The number of amides is 1. The number of aromatic amines is 1.